The first kappa shape index (κ1) is 13.3. The summed E-state index contributed by atoms with van der Waals surface area (Å²) in [5.41, 5.74) is 0.728. The molecule has 4 nitrogen and oxygen atoms in total. The van der Waals surface area contributed by atoms with E-state index in [9.17, 15) is 9.90 Å². The molecule has 2 atom stereocenters. The molecule has 0 radical (unpaired) electrons. The van der Waals surface area contributed by atoms with E-state index in [2.05, 4.69) is 10.6 Å². The number of carbonyl (C=O) groups excluding carboxylic acids is 1. The maximum absolute atomic E-state index is 11.0. The van der Waals surface area contributed by atoms with Crippen molar-refractivity contribution < 1.29 is 9.90 Å². The molecule has 3 N–H and O–H groups in total. The van der Waals surface area contributed by atoms with Crippen LogP contribution in [0.1, 0.15) is 24.5 Å². The summed E-state index contributed by atoms with van der Waals surface area (Å²) in [5.74, 6) is 0.0969. The number of nitrogens with one attached hydrogen (secondary N) is 2. The molecule has 1 fully saturated rings. The molecule has 0 saturated carbocycles. The molecule has 1 aromatic rings. The van der Waals surface area contributed by atoms with E-state index < -0.39 is 6.10 Å². The Morgan fingerprint density at radius 3 is 2.94 bits per heavy atom. The highest BCUT2D eigenvalue weighted by Gasteiger charge is 2.19. The van der Waals surface area contributed by atoms with Crippen molar-refractivity contribution in [1.82, 2.24) is 10.6 Å². The Hall–Kier alpha value is -1.10. The Balaban J connectivity index is 1.83. The van der Waals surface area contributed by atoms with Crippen molar-refractivity contribution in [2.45, 2.75) is 25.0 Å². The van der Waals surface area contributed by atoms with Gasteiger partial charge in [-0.3, -0.25) is 4.79 Å². The van der Waals surface area contributed by atoms with E-state index in [4.69, 9.17) is 11.6 Å². The van der Waals surface area contributed by atoms with Crippen LogP contribution in [0.4, 0.5) is 0 Å². The molecule has 1 aliphatic rings. The van der Waals surface area contributed by atoms with E-state index in [1.165, 1.54) is 0 Å². The van der Waals surface area contributed by atoms with E-state index in [1.54, 1.807) is 6.07 Å². The highest BCUT2D eigenvalue weighted by atomic mass is 35.5. The first-order chi connectivity index (χ1) is 8.66. The Bertz CT molecular complexity index is 415. The number of piperidine rings is 1. The van der Waals surface area contributed by atoms with Crippen LogP contribution in [0.3, 0.4) is 0 Å². The lowest BCUT2D eigenvalue weighted by Crippen LogP contribution is -2.46. The number of aliphatic hydroxyl groups excluding tert-OH is 1. The van der Waals surface area contributed by atoms with E-state index >= 15 is 0 Å². The first-order valence-corrected chi connectivity index (χ1v) is 6.47. The lowest BCUT2D eigenvalue weighted by molar-refractivity contribution is -0.122. The fourth-order valence-electron chi connectivity index (χ4n) is 2.04. The largest absolute Gasteiger partial charge is 0.387 e. The number of amides is 1. The Labute approximate surface area is 111 Å². The van der Waals surface area contributed by atoms with Crippen LogP contribution < -0.4 is 10.6 Å². The SMILES string of the molecule is O=C1CCC(NCC(O)c2ccccc2Cl)CN1. The van der Waals surface area contributed by atoms with E-state index in [-0.39, 0.29) is 11.9 Å². The average molecular weight is 269 g/mol. The average Bonchev–Trinajstić information content (AvgIpc) is 2.38. The van der Waals surface area contributed by atoms with Gasteiger partial charge in [-0.1, -0.05) is 29.8 Å². The zero-order chi connectivity index (χ0) is 13.0. The number of halogens is 1. The molecule has 2 rings (SSSR count). The third-order valence-corrected chi connectivity index (χ3v) is 3.47. The lowest BCUT2D eigenvalue weighted by atomic mass is 10.1. The molecule has 5 heteroatoms. The third-order valence-electron chi connectivity index (χ3n) is 3.13. The van der Waals surface area contributed by atoms with Gasteiger partial charge in [-0.2, -0.15) is 0 Å². The maximum Gasteiger partial charge on any atom is 0.220 e. The van der Waals surface area contributed by atoms with E-state index in [0.717, 1.165) is 12.0 Å². The second-order valence-corrected chi connectivity index (χ2v) is 4.89. The Morgan fingerprint density at radius 1 is 1.50 bits per heavy atom. The van der Waals surface area contributed by atoms with Crippen LogP contribution >= 0.6 is 11.6 Å². The summed E-state index contributed by atoms with van der Waals surface area (Å²) >= 11 is 6.01. The number of carbonyl (C=O) groups is 1. The number of rotatable bonds is 4. The molecule has 1 aromatic carbocycles. The van der Waals surface area contributed by atoms with Crippen molar-refractivity contribution in [1.29, 1.82) is 0 Å². The van der Waals surface area contributed by atoms with Gasteiger partial charge in [0, 0.05) is 36.1 Å². The summed E-state index contributed by atoms with van der Waals surface area (Å²) in [6.45, 7) is 1.05. The predicted octanol–water partition coefficient (Wildman–Crippen LogP) is 1.24. The minimum Gasteiger partial charge on any atom is -0.387 e. The molecule has 1 heterocycles. The highest BCUT2D eigenvalue weighted by molar-refractivity contribution is 6.31. The van der Waals surface area contributed by atoms with Crippen LogP contribution in [0.2, 0.25) is 5.02 Å². The van der Waals surface area contributed by atoms with Crippen molar-refractivity contribution >= 4 is 17.5 Å². The number of benzene rings is 1. The fraction of sp³-hybridized carbons (Fsp3) is 0.462. The summed E-state index contributed by atoms with van der Waals surface area (Å²) in [6.07, 6.45) is 0.720. The minimum absolute atomic E-state index is 0.0969. The molecule has 0 spiro atoms. The van der Waals surface area contributed by atoms with Gasteiger partial charge in [0.1, 0.15) is 0 Å². The van der Waals surface area contributed by atoms with E-state index in [1.807, 2.05) is 18.2 Å². The molecule has 1 saturated heterocycles. The van der Waals surface area contributed by atoms with Gasteiger partial charge >= 0.3 is 0 Å². The van der Waals surface area contributed by atoms with Crippen LogP contribution in [0, 0.1) is 0 Å². The first-order valence-electron chi connectivity index (χ1n) is 6.09. The third kappa shape index (κ3) is 3.45. The maximum atomic E-state index is 11.0. The van der Waals surface area contributed by atoms with Gasteiger partial charge in [0.15, 0.2) is 0 Å². The van der Waals surface area contributed by atoms with Crippen molar-refractivity contribution in [3.05, 3.63) is 34.9 Å². The van der Waals surface area contributed by atoms with Crippen molar-refractivity contribution in [2.24, 2.45) is 0 Å². The van der Waals surface area contributed by atoms with Crippen molar-refractivity contribution in [2.75, 3.05) is 13.1 Å². The van der Waals surface area contributed by atoms with Gasteiger partial charge < -0.3 is 15.7 Å². The molecule has 2 unspecified atom stereocenters. The van der Waals surface area contributed by atoms with Gasteiger partial charge in [-0.05, 0) is 12.5 Å². The minimum atomic E-state index is -0.628. The quantitative estimate of drug-likeness (QED) is 0.770. The zero-order valence-corrected chi connectivity index (χ0v) is 10.8. The molecule has 18 heavy (non-hydrogen) atoms. The summed E-state index contributed by atoms with van der Waals surface area (Å²) in [4.78, 5) is 11.0. The summed E-state index contributed by atoms with van der Waals surface area (Å²) in [7, 11) is 0. The van der Waals surface area contributed by atoms with Gasteiger partial charge in [-0.25, -0.2) is 0 Å². The lowest BCUT2D eigenvalue weighted by Gasteiger charge is -2.25. The Morgan fingerprint density at radius 2 is 2.28 bits per heavy atom. The van der Waals surface area contributed by atoms with Gasteiger partial charge in [-0.15, -0.1) is 0 Å². The summed E-state index contributed by atoms with van der Waals surface area (Å²) < 4.78 is 0. The molecule has 1 aliphatic heterocycles. The molecular formula is C13H17ClN2O2. The van der Waals surface area contributed by atoms with Crippen LogP contribution in [0.5, 0.6) is 0 Å². The second kappa shape index (κ2) is 6.18. The van der Waals surface area contributed by atoms with Crippen LogP contribution in [0.25, 0.3) is 0 Å². The summed E-state index contributed by atoms with van der Waals surface area (Å²) in [6, 6.07) is 7.49. The smallest absolute Gasteiger partial charge is 0.220 e. The number of aliphatic hydroxyl groups is 1. The number of hydrogen-bond acceptors (Lipinski definition) is 3. The van der Waals surface area contributed by atoms with Crippen molar-refractivity contribution in [3.8, 4) is 0 Å². The molecular weight excluding hydrogens is 252 g/mol. The van der Waals surface area contributed by atoms with Gasteiger partial charge in [0.05, 0.1) is 6.10 Å². The van der Waals surface area contributed by atoms with E-state index in [0.29, 0.717) is 24.5 Å². The number of hydrogen-bond donors (Lipinski definition) is 3. The van der Waals surface area contributed by atoms with Crippen molar-refractivity contribution in [3.63, 3.8) is 0 Å². The topological polar surface area (TPSA) is 61.4 Å². The monoisotopic (exact) mass is 268 g/mol. The molecule has 0 bridgehead atoms. The fourth-order valence-corrected chi connectivity index (χ4v) is 2.30. The highest BCUT2D eigenvalue weighted by Crippen LogP contribution is 2.22. The second-order valence-electron chi connectivity index (χ2n) is 4.49. The molecule has 0 aromatic heterocycles. The predicted molar refractivity (Wildman–Crippen MR) is 70.4 cm³/mol. The van der Waals surface area contributed by atoms with Gasteiger partial charge in [0.25, 0.3) is 0 Å². The Kier molecular flexibility index (Phi) is 4.58. The van der Waals surface area contributed by atoms with Crippen LogP contribution in [-0.2, 0) is 4.79 Å². The normalized spacial score (nSPS) is 21.4. The van der Waals surface area contributed by atoms with Crippen LogP contribution in [0.15, 0.2) is 24.3 Å². The zero-order valence-electron chi connectivity index (χ0n) is 10.0. The molecule has 1 amide bonds. The summed E-state index contributed by atoms with van der Waals surface area (Å²) in [5, 5.41) is 16.7. The van der Waals surface area contributed by atoms with Crippen LogP contribution in [-0.4, -0.2) is 30.1 Å². The standard InChI is InChI=1S/C13H17ClN2O2/c14-11-4-2-1-3-10(11)12(17)8-15-9-5-6-13(18)16-7-9/h1-4,9,12,15,17H,5-8H2,(H,16,18). The molecule has 0 aliphatic carbocycles. The molecule has 98 valence electrons. The van der Waals surface area contributed by atoms with Gasteiger partial charge in [0.2, 0.25) is 5.91 Å².